The molecule has 0 saturated carbocycles. The summed E-state index contributed by atoms with van der Waals surface area (Å²) in [6.07, 6.45) is 11.1. The molecule has 4 rings (SSSR count). The minimum Gasteiger partial charge on any atom is -0.481 e. The number of nitrogens with zero attached hydrogens (tertiary/aromatic N) is 2. The number of hydrogen-bond acceptors (Lipinski definition) is 12. The van der Waals surface area contributed by atoms with Crippen LogP contribution in [0.3, 0.4) is 0 Å². The molecule has 0 fully saturated rings. The van der Waals surface area contributed by atoms with Crippen molar-refractivity contribution < 1.29 is 65.6 Å². The topological polar surface area (TPSA) is 239 Å². The third-order valence-electron chi connectivity index (χ3n) is 10.5. The van der Waals surface area contributed by atoms with Crippen LogP contribution in [-0.4, -0.2) is 103 Å². The van der Waals surface area contributed by atoms with Crippen LogP contribution in [-0.2, 0) is 64.5 Å². The Labute approximate surface area is 341 Å². The van der Waals surface area contributed by atoms with Crippen LogP contribution in [0.15, 0.2) is 82.3 Å². The van der Waals surface area contributed by atoms with Gasteiger partial charge in [-0.2, -0.15) is 38.2 Å². The van der Waals surface area contributed by atoms with Crippen LogP contribution in [0.1, 0.15) is 76.8 Å². The Balaban J connectivity index is 1.78. The van der Waals surface area contributed by atoms with Gasteiger partial charge in [0.15, 0.2) is 5.71 Å². The lowest BCUT2D eigenvalue weighted by molar-refractivity contribution is -0.437. The molecule has 1 unspecified atom stereocenters. The Bertz CT molecular complexity index is 2470. The van der Waals surface area contributed by atoms with Gasteiger partial charge >= 0.3 is 5.97 Å². The van der Waals surface area contributed by atoms with E-state index in [0.29, 0.717) is 59.6 Å². The molecule has 2 aromatic rings. The highest BCUT2D eigenvalue weighted by atomic mass is 32.2. The van der Waals surface area contributed by atoms with Crippen LogP contribution in [0, 0.1) is 0 Å². The number of anilines is 1. The molecule has 0 amide bonds. The van der Waals surface area contributed by atoms with E-state index in [1.165, 1.54) is 24.3 Å². The average molecular weight is 888 g/mol. The van der Waals surface area contributed by atoms with Gasteiger partial charge in [0, 0.05) is 53.9 Å². The number of carboxylic acid groups (broad SMARTS) is 1. The summed E-state index contributed by atoms with van der Waals surface area (Å²) >= 11 is 0. The predicted molar refractivity (Wildman–Crippen MR) is 218 cm³/mol. The van der Waals surface area contributed by atoms with Gasteiger partial charge in [-0.05, 0) is 82.0 Å². The van der Waals surface area contributed by atoms with Crippen LogP contribution >= 0.6 is 0 Å². The standard InChI is InChI=1S/C38H50N2O14S4/c1-37(2)30-27-29(58(51,52)54-5)18-20-32(30)39(22-12-24-55(43,44)45)34(37)14-8-6-9-15-35-38(3,21-11-7-10-16-36(41)42)31-26-28(57(48,49)50)17-19-33(31)40(35)23-13-25-56(46,47)53-4/h6,8-9,14-15,17-20,26-27H,7,10-13,16,21-25H2,1-5H3,(H2-,41,42,43,44,45,48,49,50)/p+1. The van der Waals surface area contributed by atoms with E-state index in [0.717, 1.165) is 14.2 Å². The van der Waals surface area contributed by atoms with E-state index in [4.69, 9.17) is 9.29 Å². The molecule has 0 saturated heterocycles. The molecule has 2 aliphatic heterocycles. The van der Waals surface area contributed by atoms with Crippen LogP contribution in [0.2, 0.25) is 0 Å². The SMILES string of the molecule is COS(=O)(=O)CCCN1C(=CC=CC=CC2=[N+](CCCS(=O)(=O)O)c3ccc(S(=O)(=O)OC)cc3C2(C)C)C(C)(CCCCCC(=O)O)c2cc(S(=O)(=O)O)ccc21. The number of unbranched alkanes of at least 4 members (excludes halogenated alkanes) is 2. The van der Waals surface area contributed by atoms with Gasteiger partial charge in [0.2, 0.25) is 5.69 Å². The number of fused-ring (bicyclic) bond motifs is 2. The lowest BCUT2D eigenvalue weighted by Crippen LogP contribution is -2.30. The quantitative estimate of drug-likeness (QED) is 0.0486. The van der Waals surface area contributed by atoms with Crippen LogP contribution in [0.5, 0.6) is 0 Å². The molecular weight excluding hydrogens is 837 g/mol. The maximum atomic E-state index is 12.6. The largest absolute Gasteiger partial charge is 0.481 e. The first kappa shape index (κ1) is 46.9. The Morgan fingerprint density at radius 1 is 0.793 bits per heavy atom. The molecule has 3 N–H and O–H groups in total. The third kappa shape index (κ3) is 11.1. The highest BCUT2D eigenvalue weighted by Gasteiger charge is 2.46. The summed E-state index contributed by atoms with van der Waals surface area (Å²) in [4.78, 5) is 12.7. The fourth-order valence-corrected chi connectivity index (χ4v) is 9.86. The number of allylic oxidation sites excluding steroid dienone is 6. The van der Waals surface area contributed by atoms with Gasteiger partial charge in [-0.25, -0.2) is 0 Å². The summed E-state index contributed by atoms with van der Waals surface area (Å²) in [5.74, 6) is -1.69. The zero-order valence-corrected chi connectivity index (χ0v) is 36.3. The molecule has 1 atom stereocenters. The van der Waals surface area contributed by atoms with E-state index >= 15 is 0 Å². The first-order chi connectivity index (χ1) is 26.9. The maximum absolute atomic E-state index is 12.6. The van der Waals surface area contributed by atoms with E-state index in [1.54, 1.807) is 30.4 Å². The smallest absolute Gasteiger partial charge is 0.303 e. The lowest BCUT2D eigenvalue weighted by Gasteiger charge is -2.30. The minimum absolute atomic E-state index is 0.00958. The van der Waals surface area contributed by atoms with E-state index in [9.17, 15) is 47.6 Å². The van der Waals surface area contributed by atoms with Crippen molar-refractivity contribution in [3.05, 3.63) is 83.6 Å². The summed E-state index contributed by atoms with van der Waals surface area (Å²) in [6.45, 7) is 6.08. The molecule has 58 heavy (non-hydrogen) atoms. The van der Waals surface area contributed by atoms with E-state index in [2.05, 4.69) is 4.18 Å². The fraction of sp³-hybridized carbons (Fsp3) is 0.474. The van der Waals surface area contributed by atoms with Crippen molar-refractivity contribution in [1.82, 2.24) is 0 Å². The number of rotatable bonds is 21. The summed E-state index contributed by atoms with van der Waals surface area (Å²) in [7, 11) is -14.5. The van der Waals surface area contributed by atoms with Crippen molar-refractivity contribution in [2.45, 2.75) is 86.3 Å². The van der Waals surface area contributed by atoms with Crippen LogP contribution in [0.25, 0.3) is 0 Å². The number of aliphatic carboxylic acids is 1. The molecule has 2 heterocycles. The van der Waals surface area contributed by atoms with Crippen molar-refractivity contribution in [3.8, 4) is 0 Å². The predicted octanol–water partition coefficient (Wildman–Crippen LogP) is 5.10. The molecule has 320 valence electrons. The Kier molecular flexibility index (Phi) is 14.8. The zero-order valence-electron chi connectivity index (χ0n) is 33.0. The number of carbonyl (C=O) groups is 1. The monoisotopic (exact) mass is 887 g/mol. The highest BCUT2D eigenvalue weighted by Crippen LogP contribution is 2.51. The van der Waals surface area contributed by atoms with Crippen molar-refractivity contribution in [3.63, 3.8) is 0 Å². The van der Waals surface area contributed by atoms with Gasteiger partial charge in [0.05, 0.1) is 40.9 Å². The molecule has 20 heteroatoms. The Hall–Kier alpha value is -3.76. The maximum Gasteiger partial charge on any atom is 0.303 e. The first-order valence-corrected chi connectivity index (χ1v) is 24.4. The average Bonchev–Trinajstić information content (AvgIpc) is 3.49. The summed E-state index contributed by atoms with van der Waals surface area (Å²) < 4.78 is 128. The summed E-state index contributed by atoms with van der Waals surface area (Å²) in [5, 5.41) is 9.14. The highest BCUT2D eigenvalue weighted by molar-refractivity contribution is 7.87. The van der Waals surface area contributed by atoms with Crippen molar-refractivity contribution in [2.24, 2.45) is 0 Å². The second-order valence-corrected chi connectivity index (χ2v) is 21.3. The van der Waals surface area contributed by atoms with E-state index < -0.39 is 63.0 Å². The molecule has 0 aromatic heterocycles. The second kappa shape index (κ2) is 18.2. The van der Waals surface area contributed by atoms with Gasteiger partial charge in [0.25, 0.3) is 40.5 Å². The molecule has 0 bridgehead atoms. The van der Waals surface area contributed by atoms with E-state index in [-0.39, 0.29) is 47.9 Å². The van der Waals surface area contributed by atoms with Crippen LogP contribution in [0.4, 0.5) is 11.4 Å². The van der Waals surface area contributed by atoms with Gasteiger partial charge in [-0.15, -0.1) is 0 Å². The number of carboxylic acids is 1. The van der Waals surface area contributed by atoms with E-state index in [1.807, 2.05) is 42.4 Å². The molecular formula is C38H51N2O14S4+. The first-order valence-electron chi connectivity index (χ1n) is 18.4. The third-order valence-corrected chi connectivity index (χ3v) is 14.7. The second-order valence-electron chi connectivity index (χ2n) is 14.8. The van der Waals surface area contributed by atoms with Crippen LogP contribution < -0.4 is 4.90 Å². The molecule has 0 aliphatic carbocycles. The van der Waals surface area contributed by atoms with Crippen molar-refractivity contribution in [1.29, 1.82) is 0 Å². The normalized spacial score (nSPS) is 19.2. The number of benzene rings is 2. The molecule has 2 aliphatic rings. The fourth-order valence-electron chi connectivity index (χ4n) is 7.52. The molecule has 0 radical (unpaired) electrons. The minimum atomic E-state index is -4.59. The Morgan fingerprint density at radius 3 is 2.09 bits per heavy atom. The number of hydrogen-bond donors (Lipinski definition) is 3. The molecule has 0 spiro atoms. The lowest BCUT2D eigenvalue weighted by atomic mass is 9.77. The zero-order chi connectivity index (χ0) is 43.3. The molecule has 2 aromatic carbocycles. The van der Waals surface area contributed by atoms with Gasteiger partial charge in [0.1, 0.15) is 6.54 Å². The van der Waals surface area contributed by atoms with Gasteiger partial charge in [-0.1, -0.05) is 31.1 Å². The van der Waals surface area contributed by atoms with Gasteiger partial charge < -0.3 is 10.0 Å². The summed E-state index contributed by atoms with van der Waals surface area (Å²) in [6, 6.07) is 8.79. The van der Waals surface area contributed by atoms with Crippen molar-refractivity contribution >= 4 is 63.5 Å². The summed E-state index contributed by atoms with van der Waals surface area (Å²) in [5.41, 5.74) is 2.28. The molecule has 16 nitrogen and oxygen atoms in total. The van der Waals surface area contributed by atoms with Gasteiger partial charge in [-0.3, -0.25) is 22.3 Å². The van der Waals surface area contributed by atoms with Crippen molar-refractivity contribution in [2.75, 3.05) is 43.7 Å². The Morgan fingerprint density at radius 2 is 1.47 bits per heavy atom.